The zero-order valence-corrected chi connectivity index (χ0v) is 13.1. The number of rotatable bonds is 0. The van der Waals surface area contributed by atoms with Gasteiger partial charge < -0.3 is 15.0 Å². The Morgan fingerprint density at radius 3 is 1.52 bits per heavy atom. The van der Waals surface area contributed by atoms with Gasteiger partial charge in [0.05, 0.1) is 0 Å². The molecule has 0 bridgehead atoms. The van der Waals surface area contributed by atoms with Crippen LogP contribution in [0.2, 0.25) is 0 Å². The van der Waals surface area contributed by atoms with E-state index in [1.807, 2.05) is 50.1 Å². The molecule has 2 aromatic carbocycles. The maximum Gasteiger partial charge on any atom is 0.119 e. The minimum Gasteiger partial charge on any atom is -0.508 e. The van der Waals surface area contributed by atoms with E-state index >= 15 is 0 Å². The third-order valence-corrected chi connectivity index (χ3v) is 2.83. The first kappa shape index (κ1) is 18.7. The summed E-state index contributed by atoms with van der Waals surface area (Å²) >= 11 is 0. The fourth-order valence-corrected chi connectivity index (χ4v) is 1.67. The molecule has 0 saturated heterocycles. The van der Waals surface area contributed by atoms with Gasteiger partial charge >= 0.3 is 0 Å². The van der Waals surface area contributed by atoms with Gasteiger partial charge in [-0.15, -0.1) is 0 Å². The van der Waals surface area contributed by atoms with Crippen LogP contribution in [0.4, 0.5) is 0 Å². The summed E-state index contributed by atoms with van der Waals surface area (Å²) in [5.41, 5.74) is 1.96. The Balaban J connectivity index is 0.000000354. The quantitative estimate of drug-likeness (QED) is 0.763. The number of phenolic OH excluding ortho intramolecular Hbond substituents is 2. The smallest absolute Gasteiger partial charge is 0.119 e. The fraction of sp³-hybridized carbons (Fsp3) is 0.278. The van der Waals surface area contributed by atoms with Gasteiger partial charge in [0.25, 0.3) is 0 Å². The molecule has 0 aliphatic carbocycles. The number of benzene rings is 2. The highest BCUT2D eigenvalue weighted by Gasteiger charge is 2.16. The van der Waals surface area contributed by atoms with Crippen LogP contribution in [0.5, 0.6) is 11.5 Å². The van der Waals surface area contributed by atoms with Crippen molar-refractivity contribution in [3.05, 3.63) is 59.7 Å². The van der Waals surface area contributed by atoms with E-state index in [1.165, 1.54) is 0 Å². The van der Waals surface area contributed by atoms with E-state index in [4.69, 9.17) is 9.90 Å². The lowest BCUT2D eigenvalue weighted by Crippen LogP contribution is -2.10. The van der Waals surface area contributed by atoms with Crippen molar-refractivity contribution in [1.29, 1.82) is 0 Å². The average Bonchev–Trinajstić information content (AvgIpc) is 2.44. The Kier molecular flexibility index (Phi) is 7.84. The molecule has 0 radical (unpaired) electrons. The van der Waals surface area contributed by atoms with Crippen molar-refractivity contribution >= 4 is 6.79 Å². The standard InChI is InChI=1S/C10H14O.C7H8O.CH2O/c1-10(2,3)8-6-4-5-7-9(8)11;1-6-4-2-3-5-7(6)8;1-2/h4-7,11H,1-3H3;2-5,8H,1H3;1H2. The Bertz CT molecular complexity index is 521. The predicted octanol–water partition coefficient (Wildman–Crippen LogP) is 4.21. The van der Waals surface area contributed by atoms with Crippen LogP contribution in [0.25, 0.3) is 0 Å². The zero-order chi connectivity index (χ0) is 16.5. The summed E-state index contributed by atoms with van der Waals surface area (Å²) in [5, 5.41) is 18.4. The summed E-state index contributed by atoms with van der Waals surface area (Å²) in [7, 11) is 0. The maximum absolute atomic E-state index is 9.45. The minimum atomic E-state index is 0.0331. The number of hydrogen-bond donors (Lipinski definition) is 2. The first-order valence-electron chi connectivity index (χ1n) is 6.64. The van der Waals surface area contributed by atoms with E-state index in [-0.39, 0.29) is 5.41 Å². The van der Waals surface area contributed by atoms with Gasteiger partial charge in [-0.3, -0.25) is 0 Å². The Morgan fingerprint density at radius 2 is 1.24 bits per heavy atom. The number of hydrogen-bond acceptors (Lipinski definition) is 3. The van der Waals surface area contributed by atoms with Gasteiger partial charge in [-0.2, -0.15) is 0 Å². The molecule has 0 aliphatic rings. The highest BCUT2D eigenvalue weighted by molar-refractivity contribution is 5.36. The molecule has 0 fully saturated rings. The minimum absolute atomic E-state index is 0.0331. The lowest BCUT2D eigenvalue weighted by Gasteiger charge is -2.19. The molecule has 0 atom stereocenters. The van der Waals surface area contributed by atoms with Crippen LogP contribution in [0.1, 0.15) is 31.9 Å². The first-order chi connectivity index (χ1) is 9.82. The Hall–Kier alpha value is -2.29. The molecule has 21 heavy (non-hydrogen) atoms. The molecular weight excluding hydrogens is 264 g/mol. The summed E-state index contributed by atoms with van der Waals surface area (Å²) in [5.74, 6) is 0.757. The van der Waals surface area contributed by atoms with Gasteiger partial charge in [-0.1, -0.05) is 57.2 Å². The molecule has 0 amide bonds. The molecule has 0 aromatic heterocycles. The van der Waals surface area contributed by atoms with Crippen molar-refractivity contribution < 1.29 is 15.0 Å². The predicted molar refractivity (Wildman–Crippen MR) is 86.8 cm³/mol. The summed E-state index contributed by atoms with van der Waals surface area (Å²) in [6.45, 7) is 10.1. The highest BCUT2D eigenvalue weighted by atomic mass is 16.3. The molecule has 0 heterocycles. The molecular formula is C18H24O3. The number of aryl methyl sites for hydroxylation is 1. The molecule has 2 rings (SSSR count). The van der Waals surface area contributed by atoms with Crippen LogP contribution in [0.15, 0.2) is 48.5 Å². The van der Waals surface area contributed by atoms with Gasteiger partial charge in [0, 0.05) is 0 Å². The van der Waals surface area contributed by atoms with Gasteiger partial charge in [0.15, 0.2) is 0 Å². The fourth-order valence-electron chi connectivity index (χ4n) is 1.67. The number of phenols is 2. The molecule has 0 unspecified atom stereocenters. The maximum atomic E-state index is 9.45. The van der Waals surface area contributed by atoms with Crippen LogP contribution in [-0.2, 0) is 10.2 Å². The molecule has 3 heteroatoms. The van der Waals surface area contributed by atoms with Gasteiger partial charge in [0.2, 0.25) is 0 Å². The van der Waals surface area contributed by atoms with E-state index in [2.05, 4.69) is 20.8 Å². The average molecular weight is 288 g/mol. The Labute approximate surface area is 126 Å². The molecule has 0 spiro atoms. The van der Waals surface area contributed by atoms with Crippen LogP contribution < -0.4 is 0 Å². The van der Waals surface area contributed by atoms with Crippen LogP contribution in [-0.4, -0.2) is 17.0 Å². The van der Waals surface area contributed by atoms with Crippen LogP contribution in [0.3, 0.4) is 0 Å². The number of carbonyl (C=O) groups excluding carboxylic acids is 1. The topological polar surface area (TPSA) is 57.5 Å². The first-order valence-corrected chi connectivity index (χ1v) is 6.64. The van der Waals surface area contributed by atoms with E-state index in [0.717, 1.165) is 11.1 Å². The second-order valence-electron chi connectivity index (χ2n) is 5.55. The monoisotopic (exact) mass is 288 g/mol. The summed E-state index contributed by atoms with van der Waals surface area (Å²) in [4.78, 5) is 8.00. The molecule has 114 valence electrons. The highest BCUT2D eigenvalue weighted by Crippen LogP contribution is 2.29. The van der Waals surface area contributed by atoms with Crippen molar-refractivity contribution in [3.63, 3.8) is 0 Å². The number of para-hydroxylation sites is 2. The number of carbonyl (C=O) groups is 1. The Morgan fingerprint density at radius 1 is 0.810 bits per heavy atom. The normalized spacial score (nSPS) is 9.71. The summed E-state index contributed by atoms with van der Waals surface area (Å²) < 4.78 is 0. The SMILES string of the molecule is C=O.CC(C)(C)c1ccccc1O.Cc1ccccc1O. The second-order valence-corrected chi connectivity index (χ2v) is 5.55. The van der Waals surface area contributed by atoms with E-state index < -0.39 is 0 Å². The molecule has 0 aliphatic heterocycles. The second kappa shape index (κ2) is 8.80. The van der Waals surface area contributed by atoms with Crippen molar-refractivity contribution in [1.82, 2.24) is 0 Å². The van der Waals surface area contributed by atoms with E-state index in [9.17, 15) is 5.11 Å². The number of aromatic hydroxyl groups is 2. The molecule has 2 aromatic rings. The summed E-state index contributed by atoms with van der Waals surface area (Å²) in [6, 6.07) is 14.7. The molecule has 0 saturated carbocycles. The lowest BCUT2D eigenvalue weighted by atomic mass is 9.86. The van der Waals surface area contributed by atoms with Gasteiger partial charge in [-0.05, 0) is 35.6 Å². The van der Waals surface area contributed by atoms with E-state index in [0.29, 0.717) is 11.5 Å². The van der Waals surface area contributed by atoms with Gasteiger partial charge in [-0.25, -0.2) is 0 Å². The molecule has 2 N–H and O–H groups in total. The largest absolute Gasteiger partial charge is 0.508 e. The zero-order valence-electron chi connectivity index (χ0n) is 13.1. The van der Waals surface area contributed by atoms with E-state index in [1.54, 1.807) is 12.1 Å². The van der Waals surface area contributed by atoms with Crippen molar-refractivity contribution in [3.8, 4) is 11.5 Å². The van der Waals surface area contributed by atoms with Crippen LogP contribution in [0, 0.1) is 6.92 Å². The van der Waals surface area contributed by atoms with Gasteiger partial charge in [0.1, 0.15) is 18.3 Å². The lowest BCUT2D eigenvalue weighted by molar-refractivity contribution is -0.0979. The summed E-state index contributed by atoms with van der Waals surface area (Å²) in [6.07, 6.45) is 0. The third kappa shape index (κ3) is 6.61. The molecule has 3 nitrogen and oxygen atoms in total. The van der Waals surface area contributed by atoms with Crippen LogP contribution >= 0.6 is 0 Å². The van der Waals surface area contributed by atoms with Crippen molar-refractivity contribution in [2.75, 3.05) is 0 Å². The third-order valence-electron chi connectivity index (χ3n) is 2.83. The van der Waals surface area contributed by atoms with Crippen molar-refractivity contribution in [2.45, 2.75) is 33.1 Å². The van der Waals surface area contributed by atoms with Crippen molar-refractivity contribution in [2.24, 2.45) is 0 Å².